The summed E-state index contributed by atoms with van der Waals surface area (Å²) in [5.74, 6) is 5.11. The maximum atomic E-state index is 12.2. The fourth-order valence-electron chi connectivity index (χ4n) is 2.70. The molecule has 0 fully saturated rings. The largest absolute Gasteiger partial charge is 0.360 e. The van der Waals surface area contributed by atoms with Crippen molar-refractivity contribution in [3.63, 3.8) is 0 Å². The average molecular weight is 370 g/mol. The topological polar surface area (TPSA) is 100 Å². The number of hydrazone groups is 1. The first-order chi connectivity index (χ1) is 12.6. The molecule has 1 aromatic carbocycles. The SMILES string of the molecule is C=CS/C(=C\C)CCCC(=O)Nc1cc(C=O)c2c(/C=N\N)c[nH]c2c1. The third kappa shape index (κ3) is 4.86. The van der Waals surface area contributed by atoms with Gasteiger partial charge in [0, 0.05) is 40.3 Å². The van der Waals surface area contributed by atoms with Gasteiger partial charge in [0.05, 0.1) is 6.21 Å². The Bertz CT molecular complexity index is 868. The molecule has 2 aromatic rings. The number of amides is 1. The molecule has 0 unspecified atom stereocenters. The van der Waals surface area contributed by atoms with E-state index < -0.39 is 0 Å². The van der Waals surface area contributed by atoms with Crippen LogP contribution in [-0.4, -0.2) is 23.4 Å². The van der Waals surface area contributed by atoms with E-state index in [4.69, 9.17) is 5.84 Å². The summed E-state index contributed by atoms with van der Waals surface area (Å²) >= 11 is 1.58. The first-order valence-electron chi connectivity index (χ1n) is 8.19. The van der Waals surface area contributed by atoms with E-state index in [1.807, 2.05) is 13.0 Å². The zero-order chi connectivity index (χ0) is 18.9. The number of carbonyl (C=O) groups is 2. The third-order valence-electron chi connectivity index (χ3n) is 3.85. The van der Waals surface area contributed by atoms with Gasteiger partial charge in [-0.25, -0.2) is 0 Å². The third-order valence-corrected chi connectivity index (χ3v) is 4.76. The Morgan fingerprint density at radius 3 is 2.85 bits per heavy atom. The first-order valence-corrected chi connectivity index (χ1v) is 9.07. The molecule has 0 aliphatic rings. The predicted molar refractivity (Wildman–Crippen MR) is 109 cm³/mol. The van der Waals surface area contributed by atoms with Crippen LogP contribution in [0.5, 0.6) is 0 Å². The van der Waals surface area contributed by atoms with E-state index in [2.05, 4.69) is 22.0 Å². The highest BCUT2D eigenvalue weighted by Gasteiger charge is 2.11. The lowest BCUT2D eigenvalue weighted by Crippen LogP contribution is -2.11. The molecule has 0 atom stereocenters. The molecule has 6 nitrogen and oxygen atoms in total. The monoisotopic (exact) mass is 370 g/mol. The second-order valence-corrected chi connectivity index (χ2v) is 6.66. The molecule has 26 heavy (non-hydrogen) atoms. The number of allylic oxidation sites excluding steroid dienone is 2. The molecule has 0 aliphatic carbocycles. The normalized spacial score (nSPS) is 11.8. The van der Waals surface area contributed by atoms with Crippen LogP contribution in [0.4, 0.5) is 5.69 Å². The number of hydrogen-bond donors (Lipinski definition) is 3. The predicted octanol–water partition coefficient (Wildman–Crippen LogP) is 4.16. The highest BCUT2D eigenvalue weighted by atomic mass is 32.2. The van der Waals surface area contributed by atoms with Gasteiger partial charge in [-0.3, -0.25) is 9.59 Å². The van der Waals surface area contributed by atoms with Crippen LogP contribution in [0.3, 0.4) is 0 Å². The van der Waals surface area contributed by atoms with Crippen LogP contribution in [-0.2, 0) is 4.79 Å². The van der Waals surface area contributed by atoms with E-state index >= 15 is 0 Å². The van der Waals surface area contributed by atoms with Crippen LogP contribution in [0, 0.1) is 0 Å². The molecule has 0 saturated heterocycles. The number of rotatable bonds is 9. The Hall–Kier alpha value is -2.80. The van der Waals surface area contributed by atoms with E-state index in [1.54, 1.807) is 35.5 Å². The standard InChI is InChI=1S/C19H22N4O2S/c1-3-16(26-4-2)6-5-7-18(25)23-15-8-13(12-24)19-14(11-22-20)10-21-17(19)9-15/h3-4,8-12,21H,2,5-7,20H2,1H3,(H,23,25)/b16-3-,22-11-. The summed E-state index contributed by atoms with van der Waals surface area (Å²) in [5, 5.41) is 8.86. The Balaban J connectivity index is 2.07. The van der Waals surface area contributed by atoms with E-state index in [0.717, 1.165) is 35.6 Å². The van der Waals surface area contributed by atoms with E-state index in [0.29, 0.717) is 17.7 Å². The summed E-state index contributed by atoms with van der Waals surface area (Å²) in [4.78, 5) is 27.9. The molecule has 1 aromatic heterocycles. The summed E-state index contributed by atoms with van der Waals surface area (Å²) in [6.45, 7) is 5.67. The number of aromatic nitrogens is 1. The van der Waals surface area contributed by atoms with Gasteiger partial charge in [-0.1, -0.05) is 12.7 Å². The van der Waals surface area contributed by atoms with Crippen molar-refractivity contribution in [3.05, 3.63) is 52.4 Å². The fraction of sp³-hybridized carbons (Fsp3) is 0.211. The molecular formula is C19H22N4O2S. The minimum Gasteiger partial charge on any atom is -0.360 e. The number of anilines is 1. The summed E-state index contributed by atoms with van der Waals surface area (Å²) in [5.41, 5.74) is 2.50. The van der Waals surface area contributed by atoms with E-state index in [9.17, 15) is 9.59 Å². The quantitative estimate of drug-likeness (QED) is 0.267. The average Bonchev–Trinajstić information content (AvgIpc) is 3.03. The smallest absolute Gasteiger partial charge is 0.224 e. The summed E-state index contributed by atoms with van der Waals surface area (Å²) in [6.07, 6.45) is 7.96. The second kappa shape index (κ2) is 9.62. The maximum absolute atomic E-state index is 12.2. The molecule has 7 heteroatoms. The number of aldehydes is 1. The van der Waals surface area contributed by atoms with Crippen molar-refractivity contribution in [1.29, 1.82) is 0 Å². The van der Waals surface area contributed by atoms with Gasteiger partial charge < -0.3 is 16.1 Å². The van der Waals surface area contributed by atoms with Gasteiger partial charge in [-0.2, -0.15) is 5.10 Å². The second-order valence-electron chi connectivity index (χ2n) is 5.57. The molecule has 0 aliphatic heterocycles. The van der Waals surface area contributed by atoms with Crippen LogP contribution in [0.1, 0.15) is 42.1 Å². The number of thioether (sulfide) groups is 1. The number of carbonyl (C=O) groups excluding carboxylic acids is 2. The number of H-pyrrole nitrogens is 1. The Morgan fingerprint density at radius 1 is 1.38 bits per heavy atom. The Kier molecular flexibility index (Phi) is 7.23. The lowest BCUT2D eigenvalue weighted by atomic mass is 10.1. The molecule has 0 bridgehead atoms. The zero-order valence-electron chi connectivity index (χ0n) is 14.6. The van der Waals surface area contributed by atoms with Gasteiger partial charge in [-0.05, 0) is 42.2 Å². The number of nitrogens with one attached hydrogen (secondary N) is 2. The fourth-order valence-corrected chi connectivity index (χ4v) is 3.31. The highest BCUT2D eigenvalue weighted by Crippen LogP contribution is 2.26. The van der Waals surface area contributed by atoms with Crippen molar-refractivity contribution < 1.29 is 9.59 Å². The Labute approximate surface area is 156 Å². The molecule has 136 valence electrons. The Morgan fingerprint density at radius 2 is 2.19 bits per heavy atom. The lowest BCUT2D eigenvalue weighted by Gasteiger charge is -2.08. The molecular weight excluding hydrogens is 348 g/mol. The van der Waals surface area contributed by atoms with Gasteiger partial charge >= 0.3 is 0 Å². The van der Waals surface area contributed by atoms with Crippen molar-refractivity contribution >= 4 is 46.8 Å². The van der Waals surface area contributed by atoms with Crippen LogP contribution < -0.4 is 11.2 Å². The van der Waals surface area contributed by atoms with Crippen LogP contribution in [0.15, 0.2) is 46.4 Å². The number of hydrogen-bond acceptors (Lipinski definition) is 5. The number of nitrogens with zero attached hydrogens (tertiary/aromatic N) is 1. The zero-order valence-corrected chi connectivity index (χ0v) is 15.4. The molecule has 0 spiro atoms. The molecule has 2 rings (SSSR count). The number of aromatic amines is 1. The van der Waals surface area contributed by atoms with Crippen molar-refractivity contribution in [1.82, 2.24) is 4.98 Å². The highest BCUT2D eigenvalue weighted by molar-refractivity contribution is 8.05. The number of fused-ring (bicyclic) bond motifs is 1. The molecule has 0 saturated carbocycles. The first kappa shape index (κ1) is 19.5. The summed E-state index contributed by atoms with van der Waals surface area (Å²) < 4.78 is 0. The van der Waals surface area contributed by atoms with E-state index in [1.165, 1.54) is 11.1 Å². The summed E-state index contributed by atoms with van der Waals surface area (Å²) in [6, 6.07) is 3.44. The van der Waals surface area contributed by atoms with Crippen molar-refractivity contribution in [2.24, 2.45) is 10.9 Å². The van der Waals surface area contributed by atoms with Crippen LogP contribution in [0.25, 0.3) is 10.9 Å². The summed E-state index contributed by atoms with van der Waals surface area (Å²) in [7, 11) is 0. The minimum atomic E-state index is -0.0874. The molecule has 4 N–H and O–H groups in total. The van der Waals surface area contributed by atoms with Crippen LogP contribution in [0.2, 0.25) is 0 Å². The van der Waals surface area contributed by atoms with Gasteiger partial charge in [0.15, 0.2) is 6.29 Å². The van der Waals surface area contributed by atoms with Crippen molar-refractivity contribution in [2.45, 2.75) is 26.2 Å². The minimum absolute atomic E-state index is 0.0874. The van der Waals surface area contributed by atoms with Gasteiger partial charge in [0.2, 0.25) is 5.91 Å². The van der Waals surface area contributed by atoms with Gasteiger partial charge in [-0.15, -0.1) is 11.8 Å². The lowest BCUT2D eigenvalue weighted by molar-refractivity contribution is -0.116. The number of benzene rings is 1. The molecule has 0 radical (unpaired) electrons. The van der Waals surface area contributed by atoms with Crippen molar-refractivity contribution in [2.75, 3.05) is 5.32 Å². The number of nitrogens with two attached hydrogens (primary N) is 1. The van der Waals surface area contributed by atoms with Crippen molar-refractivity contribution in [3.8, 4) is 0 Å². The van der Waals surface area contributed by atoms with Crippen LogP contribution >= 0.6 is 11.8 Å². The molecule has 1 amide bonds. The van der Waals surface area contributed by atoms with Gasteiger partial charge in [0.25, 0.3) is 0 Å². The van der Waals surface area contributed by atoms with E-state index in [-0.39, 0.29) is 5.91 Å². The van der Waals surface area contributed by atoms with Gasteiger partial charge in [0.1, 0.15) is 0 Å². The maximum Gasteiger partial charge on any atom is 0.224 e. The molecule has 1 heterocycles.